The van der Waals surface area contributed by atoms with E-state index in [1.807, 2.05) is 24.3 Å². The third kappa shape index (κ3) is 4.92. The number of rotatable bonds is 6. The summed E-state index contributed by atoms with van der Waals surface area (Å²) in [5.74, 6) is -0.583. The first-order valence-corrected chi connectivity index (χ1v) is 9.37. The van der Waals surface area contributed by atoms with Crippen molar-refractivity contribution in [3.63, 3.8) is 0 Å². The summed E-state index contributed by atoms with van der Waals surface area (Å²) < 4.78 is 32.6. The molecule has 0 radical (unpaired) electrons. The summed E-state index contributed by atoms with van der Waals surface area (Å²) in [7, 11) is 0. The molecule has 3 aromatic rings. The Morgan fingerprint density at radius 2 is 1.85 bits per heavy atom. The van der Waals surface area contributed by atoms with Crippen LogP contribution in [-0.2, 0) is 6.61 Å². The number of amides is 1. The fraction of sp³-hybridized carbons (Fsp3) is 0.190. The minimum absolute atomic E-state index is 0.184. The lowest BCUT2D eigenvalue weighted by atomic mass is 10.0. The van der Waals surface area contributed by atoms with Crippen molar-refractivity contribution < 1.29 is 18.3 Å². The van der Waals surface area contributed by atoms with Crippen LogP contribution in [0.2, 0.25) is 0 Å². The molecule has 6 heteroatoms. The molecule has 1 N–H and O–H groups in total. The number of halogens is 2. The summed E-state index contributed by atoms with van der Waals surface area (Å²) in [5.41, 5.74) is 1.88. The molecule has 2 aromatic carbocycles. The summed E-state index contributed by atoms with van der Waals surface area (Å²) in [6, 6.07) is 12.5. The van der Waals surface area contributed by atoms with Gasteiger partial charge in [0, 0.05) is 11.6 Å². The molecule has 0 fully saturated rings. The lowest BCUT2D eigenvalue weighted by Gasteiger charge is -2.08. The van der Waals surface area contributed by atoms with E-state index in [4.69, 9.17) is 4.74 Å². The van der Waals surface area contributed by atoms with Gasteiger partial charge in [0.1, 0.15) is 24.0 Å². The van der Waals surface area contributed by atoms with Crippen molar-refractivity contribution in [1.82, 2.24) is 0 Å². The predicted octanol–water partition coefficient (Wildman–Crippen LogP) is 5.98. The van der Waals surface area contributed by atoms with Crippen LogP contribution < -0.4 is 10.1 Å². The zero-order valence-corrected chi connectivity index (χ0v) is 15.8. The molecule has 140 valence electrons. The maximum Gasteiger partial charge on any atom is 0.265 e. The molecule has 27 heavy (non-hydrogen) atoms. The van der Waals surface area contributed by atoms with Crippen LogP contribution in [0.25, 0.3) is 0 Å². The first-order chi connectivity index (χ1) is 12.9. The number of anilines is 1. The Balaban J connectivity index is 1.60. The minimum Gasteiger partial charge on any atom is -0.489 e. The molecule has 0 saturated carbocycles. The summed E-state index contributed by atoms with van der Waals surface area (Å²) in [6.07, 6.45) is 0. The summed E-state index contributed by atoms with van der Waals surface area (Å²) in [6.45, 7) is 4.58. The van der Waals surface area contributed by atoms with Gasteiger partial charge in [0.15, 0.2) is 0 Å². The topological polar surface area (TPSA) is 38.3 Å². The van der Waals surface area contributed by atoms with E-state index < -0.39 is 17.5 Å². The Hall–Kier alpha value is -2.73. The van der Waals surface area contributed by atoms with Gasteiger partial charge in [0.25, 0.3) is 5.91 Å². The van der Waals surface area contributed by atoms with E-state index in [0.717, 1.165) is 29.5 Å². The van der Waals surface area contributed by atoms with Crippen molar-refractivity contribution in [2.24, 2.45) is 0 Å². The van der Waals surface area contributed by atoms with Gasteiger partial charge in [-0.15, -0.1) is 11.3 Å². The average Bonchev–Trinajstić information content (AvgIpc) is 3.12. The Kier molecular flexibility index (Phi) is 5.86. The molecule has 0 aliphatic heterocycles. The van der Waals surface area contributed by atoms with Crippen molar-refractivity contribution in [2.45, 2.75) is 26.4 Å². The van der Waals surface area contributed by atoms with E-state index in [2.05, 4.69) is 19.2 Å². The van der Waals surface area contributed by atoms with Gasteiger partial charge in [-0.1, -0.05) is 26.0 Å². The van der Waals surface area contributed by atoms with Crippen LogP contribution in [0, 0.1) is 11.6 Å². The standard InChI is InChI=1S/C21H19F2NO2S/c1-13(2)15-3-6-17(7-4-15)26-11-14-9-20(27-12-14)21(25)24-19-10-16(22)5-8-18(19)23/h3-10,12-13H,11H2,1-2H3,(H,24,25). The van der Waals surface area contributed by atoms with Gasteiger partial charge >= 0.3 is 0 Å². The van der Waals surface area contributed by atoms with Crippen LogP contribution in [0.3, 0.4) is 0 Å². The molecule has 1 amide bonds. The molecular formula is C21H19F2NO2S. The highest BCUT2D eigenvalue weighted by Crippen LogP contribution is 2.22. The molecule has 1 aromatic heterocycles. The van der Waals surface area contributed by atoms with Crippen LogP contribution in [-0.4, -0.2) is 5.91 Å². The second-order valence-electron chi connectivity index (χ2n) is 6.41. The van der Waals surface area contributed by atoms with E-state index >= 15 is 0 Å². The van der Waals surface area contributed by atoms with Crippen LogP contribution in [0.1, 0.15) is 40.6 Å². The Morgan fingerprint density at radius 3 is 2.56 bits per heavy atom. The van der Waals surface area contributed by atoms with E-state index in [1.54, 1.807) is 11.4 Å². The van der Waals surface area contributed by atoms with Gasteiger partial charge in [-0.25, -0.2) is 8.78 Å². The largest absolute Gasteiger partial charge is 0.489 e. The average molecular weight is 387 g/mol. The number of hydrogen-bond donors (Lipinski definition) is 1. The predicted molar refractivity (Wildman–Crippen MR) is 103 cm³/mol. The molecule has 0 aliphatic rings. The van der Waals surface area contributed by atoms with Crippen molar-refractivity contribution in [2.75, 3.05) is 5.32 Å². The highest BCUT2D eigenvalue weighted by Gasteiger charge is 2.13. The summed E-state index contributed by atoms with van der Waals surface area (Å²) in [4.78, 5) is 12.6. The molecule has 0 aliphatic carbocycles. The zero-order chi connectivity index (χ0) is 19.4. The van der Waals surface area contributed by atoms with Gasteiger partial charge in [-0.3, -0.25) is 4.79 Å². The van der Waals surface area contributed by atoms with Gasteiger partial charge in [0.2, 0.25) is 0 Å². The van der Waals surface area contributed by atoms with Crippen molar-refractivity contribution in [1.29, 1.82) is 0 Å². The lowest BCUT2D eigenvalue weighted by Crippen LogP contribution is -2.11. The maximum absolute atomic E-state index is 13.6. The van der Waals surface area contributed by atoms with E-state index in [9.17, 15) is 13.6 Å². The second kappa shape index (κ2) is 8.31. The first-order valence-electron chi connectivity index (χ1n) is 8.49. The molecule has 0 bridgehead atoms. The quantitative estimate of drug-likeness (QED) is 0.565. The van der Waals surface area contributed by atoms with Crippen molar-refractivity contribution in [3.8, 4) is 5.75 Å². The fourth-order valence-corrected chi connectivity index (χ4v) is 3.26. The number of carbonyl (C=O) groups is 1. The Labute approximate surface area is 160 Å². The minimum atomic E-state index is -0.685. The summed E-state index contributed by atoms with van der Waals surface area (Å²) >= 11 is 1.22. The Morgan fingerprint density at radius 1 is 1.11 bits per heavy atom. The van der Waals surface area contributed by atoms with Gasteiger partial charge < -0.3 is 10.1 Å². The number of nitrogens with one attached hydrogen (secondary N) is 1. The number of benzene rings is 2. The fourth-order valence-electron chi connectivity index (χ4n) is 2.46. The molecular weight excluding hydrogens is 368 g/mol. The van der Waals surface area contributed by atoms with Crippen LogP contribution in [0.4, 0.5) is 14.5 Å². The zero-order valence-electron chi connectivity index (χ0n) is 15.0. The highest BCUT2D eigenvalue weighted by molar-refractivity contribution is 7.12. The SMILES string of the molecule is CC(C)c1ccc(OCc2csc(C(=O)Nc3cc(F)ccc3F)c2)cc1. The lowest BCUT2D eigenvalue weighted by molar-refractivity contribution is 0.103. The molecule has 3 nitrogen and oxygen atoms in total. The summed E-state index contributed by atoms with van der Waals surface area (Å²) in [5, 5.41) is 4.19. The Bertz CT molecular complexity index is 936. The van der Waals surface area contributed by atoms with Crippen molar-refractivity contribution in [3.05, 3.63) is 81.5 Å². The third-order valence-corrected chi connectivity index (χ3v) is 4.98. The van der Waals surface area contributed by atoms with E-state index in [-0.39, 0.29) is 5.69 Å². The highest BCUT2D eigenvalue weighted by atomic mass is 32.1. The number of carbonyl (C=O) groups excluding carboxylic acids is 1. The molecule has 0 spiro atoms. The van der Waals surface area contributed by atoms with Gasteiger partial charge in [-0.2, -0.15) is 0 Å². The normalized spacial score (nSPS) is 10.9. The second-order valence-corrected chi connectivity index (χ2v) is 7.32. The molecule has 0 unspecified atom stereocenters. The molecule has 0 saturated heterocycles. The number of thiophene rings is 1. The maximum atomic E-state index is 13.6. The van der Waals surface area contributed by atoms with E-state index in [1.165, 1.54) is 16.9 Å². The van der Waals surface area contributed by atoms with Crippen LogP contribution in [0.5, 0.6) is 5.75 Å². The van der Waals surface area contributed by atoms with Crippen LogP contribution >= 0.6 is 11.3 Å². The number of hydrogen-bond acceptors (Lipinski definition) is 3. The smallest absolute Gasteiger partial charge is 0.265 e. The van der Waals surface area contributed by atoms with Gasteiger partial charge in [-0.05, 0) is 47.2 Å². The van der Waals surface area contributed by atoms with Crippen LogP contribution in [0.15, 0.2) is 53.9 Å². The van der Waals surface area contributed by atoms with Crippen molar-refractivity contribution >= 4 is 22.9 Å². The third-order valence-electron chi connectivity index (χ3n) is 4.01. The first kappa shape index (κ1) is 19.0. The number of ether oxygens (including phenoxy) is 1. The van der Waals surface area contributed by atoms with E-state index in [0.29, 0.717) is 17.4 Å². The molecule has 1 heterocycles. The monoisotopic (exact) mass is 387 g/mol. The molecule has 3 rings (SSSR count). The van der Waals surface area contributed by atoms with Gasteiger partial charge in [0.05, 0.1) is 10.6 Å². The molecule has 0 atom stereocenters.